The predicted octanol–water partition coefficient (Wildman–Crippen LogP) is 4.26. The normalized spacial score (nSPS) is 11.6. The number of aromatic nitrogens is 1. The summed E-state index contributed by atoms with van der Waals surface area (Å²) in [6, 6.07) is 5.69. The number of H-pyrrole nitrogens is 1. The van der Waals surface area contributed by atoms with E-state index in [4.69, 9.17) is 11.6 Å². The standard InChI is InChI=1S/C11H6ClF3N2O2/c12-7-3-1-6(2-4-7)9-10(17(18)19)8(5-16-9)11(13,14)15/h1-5,16H. The minimum Gasteiger partial charge on any atom is -0.355 e. The van der Waals surface area contributed by atoms with Gasteiger partial charge in [0, 0.05) is 16.8 Å². The fourth-order valence-electron chi connectivity index (χ4n) is 1.66. The van der Waals surface area contributed by atoms with Gasteiger partial charge in [-0.25, -0.2) is 0 Å². The number of nitrogens with one attached hydrogen (secondary N) is 1. The number of benzene rings is 1. The number of hydrogen-bond donors (Lipinski definition) is 1. The molecule has 0 radical (unpaired) electrons. The van der Waals surface area contributed by atoms with Crippen LogP contribution in [0.4, 0.5) is 18.9 Å². The van der Waals surface area contributed by atoms with E-state index in [9.17, 15) is 23.3 Å². The van der Waals surface area contributed by atoms with E-state index in [1.807, 2.05) is 0 Å². The van der Waals surface area contributed by atoms with Crippen molar-refractivity contribution >= 4 is 17.3 Å². The average molecular weight is 291 g/mol. The van der Waals surface area contributed by atoms with Crippen LogP contribution in [-0.2, 0) is 6.18 Å². The van der Waals surface area contributed by atoms with Crippen molar-refractivity contribution in [1.82, 2.24) is 4.98 Å². The molecule has 0 unspecified atom stereocenters. The summed E-state index contributed by atoms with van der Waals surface area (Å²) in [5, 5.41) is 11.2. The lowest BCUT2D eigenvalue weighted by molar-refractivity contribution is -0.387. The van der Waals surface area contributed by atoms with Gasteiger partial charge < -0.3 is 4.98 Å². The van der Waals surface area contributed by atoms with E-state index in [1.165, 1.54) is 24.3 Å². The van der Waals surface area contributed by atoms with Gasteiger partial charge in [0.1, 0.15) is 5.69 Å². The first-order chi connectivity index (χ1) is 8.80. The molecule has 19 heavy (non-hydrogen) atoms. The topological polar surface area (TPSA) is 58.9 Å². The maximum Gasteiger partial charge on any atom is 0.424 e. The van der Waals surface area contributed by atoms with Crippen LogP contribution in [0.2, 0.25) is 5.02 Å². The third-order valence-electron chi connectivity index (χ3n) is 2.47. The van der Waals surface area contributed by atoms with E-state index in [0.29, 0.717) is 11.2 Å². The second-order valence-corrected chi connectivity index (χ2v) is 4.12. The first-order valence-corrected chi connectivity index (χ1v) is 5.37. The van der Waals surface area contributed by atoms with Gasteiger partial charge in [-0.2, -0.15) is 13.2 Å². The largest absolute Gasteiger partial charge is 0.424 e. The van der Waals surface area contributed by atoms with Crippen molar-refractivity contribution in [1.29, 1.82) is 0 Å². The van der Waals surface area contributed by atoms with Crippen molar-refractivity contribution in [2.24, 2.45) is 0 Å². The van der Waals surface area contributed by atoms with Crippen LogP contribution in [0.3, 0.4) is 0 Å². The molecule has 0 saturated carbocycles. The van der Waals surface area contributed by atoms with Gasteiger partial charge in [-0.3, -0.25) is 10.1 Å². The van der Waals surface area contributed by atoms with Crippen LogP contribution in [0.5, 0.6) is 0 Å². The van der Waals surface area contributed by atoms with Crippen molar-refractivity contribution in [3.63, 3.8) is 0 Å². The molecule has 8 heteroatoms. The molecule has 1 aromatic heterocycles. The van der Waals surface area contributed by atoms with Crippen LogP contribution in [0.15, 0.2) is 30.5 Å². The highest BCUT2D eigenvalue weighted by Gasteiger charge is 2.41. The van der Waals surface area contributed by atoms with Crippen LogP contribution in [-0.4, -0.2) is 9.91 Å². The van der Waals surface area contributed by atoms with E-state index in [-0.39, 0.29) is 11.3 Å². The summed E-state index contributed by atoms with van der Waals surface area (Å²) >= 11 is 5.66. The molecular weight excluding hydrogens is 285 g/mol. The minimum absolute atomic E-state index is 0.200. The molecule has 0 bridgehead atoms. The van der Waals surface area contributed by atoms with Crippen molar-refractivity contribution < 1.29 is 18.1 Å². The Kier molecular flexibility index (Phi) is 3.23. The number of nitro groups is 1. The van der Waals surface area contributed by atoms with Gasteiger partial charge in [0.2, 0.25) is 0 Å². The van der Waals surface area contributed by atoms with Crippen LogP contribution < -0.4 is 0 Å². The van der Waals surface area contributed by atoms with Crippen LogP contribution in [0, 0.1) is 10.1 Å². The van der Waals surface area contributed by atoms with Crippen LogP contribution in [0.1, 0.15) is 5.56 Å². The number of nitrogens with zero attached hydrogens (tertiary/aromatic N) is 1. The van der Waals surface area contributed by atoms with Gasteiger partial charge in [0.25, 0.3) is 0 Å². The van der Waals surface area contributed by atoms with Crippen LogP contribution >= 0.6 is 11.6 Å². The number of halogens is 4. The molecule has 0 saturated heterocycles. The molecule has 0 aliphatic heterocycles. The zero-order chi connectivity index (χ0) is 14.2. The Labute approximate surface area is 110 Å². The summed E-state index contributed by atoms with van der Waals surface area (Å²) in [6.07, 6.45) is -4.20. The monoisotopic (exact) mass is 290 g/mol. The summed E-state index contributed by atoms with van der Waals surface area (Å²) in [7, 11) is 0. The molecular formula is C11H6ClF3N2O2. The molecule has 2 aromatic rings. The number of alkyl halides is 3. The SMILES string of the molecule is O=[N+]([O-])c1c(C(F)(F)F)c[nH]c1-c1ccc(Cl)cc1. The number of aromatic amines is 1. The van der Waals surface area contributed by atoms with Crippen molar-refractivity contribution in [3.05, 3.63) is 51.2 Å². The van der Waals surface area contributed by atoms with Gasteiger partial charge in [0.05, 0.1) is 4.92 Å². The summed E-state index contributed by atoms with van der Waals surface area (Å²) < 4.78 is 38.0. The van der Waals surface area contributed by atoms with Crippen molar-refractivity contribution in [2.75, 3.05) is 0 Å². The maximum absolute atomic E-state index is 12.7. The highest BCUT2D eigenvalue weighted by Crippen LogP contribution is 2.41. The lowest BCUT2D eigenvalue weighted by Crippen LogP contribution is -2.06. The fraction of sp³-hybridized carbons (Fsp3) is 0.0909. The Morgan fingerprint density at radius 3 is 2.26 bits per heavy atom. The molecule has 0 aliphatic rings. The van der Waals surface area contributed by atoms with Gasteiger partial charge in [-0.15, -0.1) is 0 Å². The first-order valence-electron chi connectivity index (χ1n) is 4.99. The van der Waals surface area contributed by atoms with Gasteiger partial charge in [0.15, 0.2) is 5.56 Å². The third kappa shape index (κ3) is 2.55. The molecule has 2 rings (SSSR count). The molecule has 0 fully saturated rings. The summed E-state index contributed by atoms with van der Waals surface area (Å²) in [5.41, 5.74) is -2.24. The molecule has 0 amide bonds. The van der Waals surface area contributed by atoms with Crippen molar-refractivity contribution in [3.8, 4) is 11.3 Å². The lowest BCUT2D eigenvalue weighted by Gasteiger charge is -2.03. The third-order valence-corrected chi connectivity index (χ3v) is 2.73. The summed E-state index contributed by atoms with van der Waals surface area (Å²) in [6.45, 7) is 0. The molecule has 0 aliphatic carbocycles. The molecule has 1 N–H and O–H groups in total. The fourth-order valence-corrected chi connectivity index (χ4v) is 1.78. The Balaban J connectivity index is 2.62. The van der Waals surface area contributed by atoms with E-state index in [1.54, 1.807) is 0 Å². The minimum atomic E-state index is -4.79. The first kappa shape index (κ1) is 13.4. The van der Waals surface area contributed by atoms with Gasteiger partial charge >= 0.3 is 11.9 Å². The Morgan fingerprint density at radius 1 is 1.21 bits per heavy atom. The predicted molar refractivity (Wildman–Crippen MR) is 62.9 cm³/mol. The molecule has 100 valence electrons. The Hall–Kier alpha value is -2.02. The van der Waals surface area contributed by atoms with E-state index in [2.05, 4.69) is 4.98 Å². The zero-order valence-electron chi connectivity index (χ0n) is 9.16. The number of rotatable bonds is 2. The van der Waals surface area contributed by atoms with E-state index < -0.39 is 22.4 Å². The highest BCUT2D eigenvalue weighted by atomic mass is 35.5. The van der Waals surface area contributed by atoms with Crippen LogP contribution in [0.25, 0.3) is 11.3 Å². The van der Waals surface area contributed by atoms with Crippen molar-refractivity contribution in [2.45, 2.75) is 6.18 Å². The maximum atomic E-state index is 12.7. The Morgan fingerprint density at radius 2 is 1.79 bits per heavy atom. The van der Waals surface area contributed by atoms with Gasteiger partial charge in [-0.05, 0) is 12.1 Å². The second kappa shape index (κ2) is 4.58. The molecule has 4 nitrogen and oxygen atoms in total. The second-order valence-electron chi connectivity index (χ2n) is 3.69. The highest BCUT2D eigenvalue weighted by molar-refractivity contribution is 6.30. The molecule has 0 atom stereocenters. The van der Waals surface area contributed by atoms with Gasteiger partial charge in [-0.1, -0.05) is 23.7 Å². The van der Waals surface area contributed by atoms with E-state index in [0.717, 1.165) is 0 Å². The Bertz CT molecular complexity index is 620. The summed E-state index contributed by atoms with van der Waals surface area (Å²) in [4.78, 5) is 12.1. The quantitative estimate of drug-likeness (QED) is 0.663. The molecule has 0 spiro atoms. The zero-order valence-corrected chi connectivity index (χ0v) is 9.92. The smallest absolute Gasteiger partial charge is 0.355 e. The van der Waals surface area contributed by atoms with E-state index >= 15 is 0 Å². The molecule has 1 heterocycles. The average Bonchev–Trinajstić information content (AvgIpc) is 2.74. The number of hydrogen-bond acceptors (Lipinski definition) is 2. The lowest BCUT2D eigenvalue weighted by atomic mass is 10.1. The summed E-state index contributed by atoms with van der Waals surface area (Å²) in [5.74, 6) is 0. The molecule has 1 aromatic carbocycles.